The average molecular weight is 433 g/mol. The summed E-state index contributed by atoms with van der Waals surface area (Å²) in [5.41, 5.74) is 1.81. The van der Waals surface area contributed by atoms with Gasteiger partial charge in [-0.25, -0.2) is 9.97 Å². The zero-order valence-electron chi connectivity index (χ0n) is 18.1. The number of amides is 1. The first-order chi connectivity index (χ1) is 15.6. The second-order valence-electron chi connectivity index (χ2n) is 7.85. The van der Waals surface area contributed by atoms with E-state index in [9.17, 15) is 4.79 Å². The molecule has 1 aliphatic carbocycles. The van der Waals surface area contributed by atoms with Gasteiger partial charge in [0.05, 0.1) is 30.7 Å². The van der Waals surface area contributed by atoms with Crippen LogP contribution in [0.25, 0.3) is 21.9 Å². The SMILES string of the molecule is COc1cc2ncnc(Oc3ccc4c(C(=O)NCC5CC5)c(C)oc4c3)c2cc1OC. The standard InChI is InChI=1S/C24H23N3O5/c1-13-22(23(28)25-11-14-4-5-14)16-7-6-15(8-19(16)31-13)32-24-17-9-20(29-2)21(30-3)10-18(17)26-12-27-24/h6-10,12,14H,4-5,11H2,1-3H3,(H,25,28). The Morgan fingerprint density at radius 2 is 1.88 bits per heavy atom. The Hall–Kier alpha value is -3.81. The van der Waals surface area contributed by atoms with Crippen LogP contribution >= 0.6 is 0 Å². The van der Waals surface area contributed by atoms with Gasteiger partial charge in [0.2, 0.25) is 5.88 Å². The minimum atomic E-state index is -0.107. The minimum Gasteiger partial charge on any atom is -0.493 e. The van der Waals surface area contributed by atoms with Crippen LogP contribution < -0.4 is 19.5 Å². The lowest BCUT2D eigenvalue weighted by Gasteiger charge is -2.11. The number of nitrogens with one attached hydrogen (secondary N) is 1. The lowest BCUT2D eigenvalue weighted by Crippen LogP contribution is -2.25. The van der Waals surface area contributed by atoms with Crippen molar-refractivity contribution in [2.24, 2.45) is 5.92 Å². The van der Waals surface area contributed by atoms with E-state index in [1.165, 1.54) is 19.2 Å². The highest BCUT2D eigenvalue weighted by Gasteiger charge is 2.24. The van der Waals surface area contributed by atoms with E-state index in [2.05, 4.69) is 15.3 Å². The van der Waals surface area contributed by atoms with Gasteiger partial charge in [-0.1, -0.05) is 0 Å². The summed E-state index contributed by atoms with van der Waals surface area (Å²) in [4.78, 5) is 21.2. The highest BCUT2D eigenvalue weighted by atomic mass is 16.5. The molecule has 0 atom stereocenters. The van der Waals surface area contributed by atoms with Crippen LogP contribution in [0.15, 0.2) is 41.1 Å². The molecule has 5 rings (SSSR count). The number of rotatable bonds is 7. The van der Waals surface area contributed by atoms with E-state index in [1.807, 2.05) is 6.07 Å². The highest BCUT2D eigenvalue weighted by molar-refractivity contribution is 6.07. The van der Waals surface area contributed by atoms with Crippen LogP contribution in [-0.2, 0) is 0 Å². The Kier molecular flexibility index (Phi) is 5.05. The molecule has 2 heterocycles. The van der Waals surface area contributed by atoms with Crippen molar-refractivity contribution in [2.75, 3.05) is 20.8 Å². The van der Waals surface area contributed by atoms with Crippen molar-refractivity contribution in [3.8, 4) is 23.1 Å². The van der Waals surface area contributed by atoms with E-state index >= 15 is 0 Å². The molecule has 1 N–H and O–H groups in total. The molecule has 0 saturated heterocycles. The van der Waals surface area contributed by atoms with Gasteiger partial charge in [-0.05, 0) is 43.9 Å². The molecular weight excluding hydrogens is 410 g/mol. The third kappa shape index (κ3) is 3.68. The van der Waals surface area contributed by atoms with Crippen molar-refractivity contribution in [3.05, 3.63) is 48.0 Å². The molecule has 0 bridgehead atoms. The molecule has 1 aliphatic rings. The zero-order valence-corrected chi connectivity index (χ0v) is 18.1. The van der Waals surface area contributed by atoms with Gasteiger partial charge in [-0.2, -0.15) is 0 Å². The molecule has 2 aromatic heterocycles. The number of benzene rings is 2. The van der Waals surface area contributed by atoms with E-state index in [4.69, 9.17) is 18.6 Å². The molecule has 0 radical (unpaired) electrons. The molecule has 2 aromatic carbocycles. The molecule has 8 nitrogen and oxygen atoms in total. The van der Waals surface area contributed by atoms with Crippen LogP contribution in [0.5, 0.6) is 23.1 Å². The van der Waals surface area contributed by atoms with E-state index < -0.39 is 0 Å². The molecule has 1 amide bonds. The first-order valence-corrected chi connectivity index (χ1v) is 10.4. The number of nitrogens with zero attached hydrogens (tertiary/aromatic N) is 2. The zero-order chi connectivity index (χ0) is 22.2. The van der Waals surface area contributed by atoms with Crippen LogP contribution in [0.4, 0.5) is 0 Å². The molecule has 8 heteroatoms. The first-order valence-electron chi connectivity index (χ1n) is 10.4. The van der Waals surface area contributed by atoms with Crippen molar-refractivity contribution in [2.45, 2.75) is 19.8 Å². The van der Waals surface area contributed by atoms with E-state index in [-0.39, 0.29) is 5.91 Å². The monoisotopic (exact) mass is 433 g/mol. The van der Waals surface area contributed by atoms with Crippen LogP contribution in [0.1, 0.15) is 29.0 Å². The fraction of sp³-hybridized carbons (Fsp3) is 0.292. The third-order valence-electron chi connectivity index (χ3n) is 5.63. The second kappa shape index (κ2) is 8.03. The molecule has 0 aliphatic heterocycles. The molecule has 1 fully saturated rings. The van der Waals surface area contributed by atoms with Crippen LogP contribution in [0.3, 0.4) is 0 Å². The Morgan fingerprint density at radius 3 is 2.62 bits per heavy atom. The quantitative estimate of drug-likeness (QED) is 0.454. The Bertz CT molecular complexity index is 1330. The predicted molar refractivity (Wildman–Crippen MR) is 119 cm³/mol. The fourth-order valence-corrected chi connectivity index (χ4v) is 3.74. The summed E-state index contributed by atoms with van der Waals surface area (Å²) in [6.45, 7) is 2.51. The van der Waals surface area contributed by atoms with Gasteiger partial charge in [0.25, 0.3) is 5.91 Å². The molecule has 4 aromatic rings. The second-order valence-corrected chi connectivity index (χ2v) is 7.85. The van der Waals surface area contributed by atoms with Crippen molar-refractivity contribution < 1.29 is 23.4 Å². The lowest BCUT2D eigenvalue weighted by atomic mass is 10.1. The Morgan fingerprint density at radius 1 is 1.09 bits per heavy atom. The van der Waals surface area contributed by atoms with Crippen molar-refractivity contribution in [1.29, 1.82) is 0 Å². The summed E-state index contributed by atoms with van der Waals surface area (Å²) in [6.07, 6.45) is 3.80. The lowest BCUT2D eigenvalue weighted by molar-refractivity contribution is 0.0951. The maximum absolute atomic E-state index is 12.7. The van der Waals surface area contributed by atoms with Gasteiger partial charge in [0, 0.05) is 24.1 Å². The van der Waals surface area contributed by atoms with E-state index in [1.54, 1.807) is 45.4 Å². The largest absolute Gasteiger partial charge is 0.493 e. The summed E-state index contributed by atoms with van der Waals surface area (Å²) in [5.74, 6) is 3.12. The fourth-order valence-electron chi connectivity index (χ4n) is 3.74. The Labute approximate surface area is 184 Å². The first kappa shape index (κ1) is 20.1. The van der Waals surface area contributed by atoms with Gasteiger partial charge in [0.1, 0.15) is 23.4 Å². The maximum Gasteiger partial charge on any atom is 0.255 e. The van der Waals surface area contributed by atoms with Crippen molar-refractivity contribution in [3.63, 3.8) is 0 Å². The summed E-state index contributed by atoms with van der Waals surface area (Å²) < 4.78 is 22.7. The van der Waals surface area contributed by atoms with E-state index in [0.717, 1.165) is 5.39 Å². The number of furan rings is 1. The number of carbonyl (C=O) groups is 1. The summed E-state index contributed by atoms with van der Waals surface area (Å²) in [6, 6.07) is 8.94. The van der Waals surface area contributed by atoms with Gasteiger partial charge in [-0.3, -0.25) is 4.79 Å². The number of hydrogen-bond acceptors (Lipinski definition) is 7. The highest BCUT2D eigenvalue weighted by Crippen LogP contribution is 2.37. The molecule has 0 unspecified atom stereocenters. The molecule has 0 spiro atoms. The molecule has 164 valence electrons. The Balaban J connectivity index is 1.47. The summed E-state index contributed by atoms with van der Waals surface area (Å²) in [5, 5.41) is 4.44. The molecule has 32 heavy (non-hydrogen) atoms. The molecule has 1 saturated carbocycles. The summed E-state index contributed by atoms with van der Waals surface area (Å²) >= 11 is 0. The van der Waals surface area contributed by atoms with Crippen LogP contribution in [-0.4, -0.2) is 36.6 Å². The minimum absolute atomic E-state index is 0.107. The van der Waals surface area contributed by atoms with Gasteiger partial charge in [-0.15, -0.1) is 0 Å². The predicted octanol–water partition coefficient (Wildman–Crippen LogP) is 4.63. The van der Waals surface area contributed by atoms with Gasteiger partial charge >= 0.3 is 0 Å². The number of fused-ring (bicyclic) bond motifs is 2. The van der Waals surface area contributed by atoms with Gasteiger partial charge in [0.15, 0.2) is 11.5 Å². The van der Waals surface area contributed by atoms with Crippen molar-refractivity contribution >= 4 is 27.8 Å². The van der Waals surface area contributed by atoms with Crippen molar-refractivity contribution in [1.82, 2.24) is 15.3 Å². The number of methoxy groups -OCH3 is 2. The van der Waals surface area contributed by atoms with Gasteiger partial charge < -0.3 is 23.9 Å². The normalized spacial score (nSPS) is 13.3. The number of carbonyl (C=O) groups excluding carboxylic acids is 1. The number of ether oxygens (including phenoxy) is 3. The maximum atomic E-state index is 12.7. The topological polar surface area (TPSA) is 95.7 Å². The number of aromatic nitrogens is 2. The molecular formula is C24H23N3O5. The number of aryl methyl sites for hydroxylation is 1. The van der Waals surface area contributed by atoms with E-state index in [0.29, 0.717) is 63.4 Å². The number of hydrogen-bond donors (Lipinski definition) is 1. The average Bonchev–Trinajstić information content (AvgIpc) is 3.57. The smallest absolute Gasteiger partial charge is 0.255 e. The van der Waals surface area contributed by atoms with Crippen LogP contribution in [0.2, 0.25) is 0 Å². The summed E-state index contributed by atoms with van der Waals surface area (Å²) in [7, 11) is 3.14. The third-order valence-corrected chi connectivity index (χ3v) is 5.63. The van der Waals surface area contributed by atoms with Crippen LogP contribution in [0, 0.1) is 12.8 Å².